The molecule has 0 aliphatic carbocycles. The summed E-state index contributed by atoms with van der Waals surface area (Å²) in [5, 5.41) is 5.67. The molecule has 1 rings (SSSR count). The summed E-state index contributed by atoms with van der Waals surface area (Å²) in [6, 6.07) is 1.91. The Morgan fingerprint density at radius 1 is 1.62 bits per heavy atom. The Morgan fingerprint density at radius 2 is 2.31 bits per heavy atom. The highest BCUT2D eigenvalue weighted by Gasteiger charge is 2.16. The van der Waals surface area contributed by atoms with Crippen LogP contribution >= 0.6 is 27.3 Å². The lowest BCUT2D eigenvalue weighted by Crippen LogP contribution is -2.37. The van der Waals surface area contributed by atoms with Crippen LogP contribution in [0.5, 0.6) is 5.75 Å². The van der Waals surface area contributed by atoms with Crippen LogP contribution in [0.2, 0.25) is 0 Å². The SMILES string of the molecule is COc1csc(C(=O)NC(C)C(C)CBr)c1. The van der Waals surface area contributed by atoms with Crippen LogP contribution in [-0.2, 0) is 0 Å². The van der Waals surface area contributed by atoms with Gasteiger partial charge < -0.3 is 10.1 Å². The highest BCUT2D eigenvalue weighted by Crippen LogP contribution is 2.21. The van der Waals surface area contributed by atoms with E-state index < -0.39 is 0 Å². The molecule has 2 unspecified atom stereocenters. The fourth-order valence-corrected chi connectivity index (χ4v) is 2.42. The summed E-state index contributed by atoms with van der Waals surface area (Å²) >= 11 is 4.80. The Kier molecular flexibility index (Phi) is 5.28. The molecule has 0 saturated carbocycles. The Hall–Kier alpha value is -0.550. The number of thiophene rings is 1. The molecule has 1 aromatic heterocycles. The number of carbonyl (C=O) groups is 1. The molecule has 0 aromatic carbocycles. The van der Waals surface area contributed by atoms with Crippen LogP contribution in [0.4, 0.5) is 0 Å². The van der Waals surface area contributed by atoms with Gasteiger partial charge in [-0.1, -0.05) is 22.9 Å². The molecule has 1 amide bonds. The van der Waals surface area contributed by atoms with Gasteiger partial charge in [0.15, 0.2) is 0 Å². The van der Waals surface area contributed by atoms with Gasteiger partial charge in [-0.15, -0.1) is 11.3 Å². The third kappa shape index (κ3) is 3.49. The van der Waals surface area contributed by atoms with Gasteiger partial charge in [0.2, 0.25) is 0 Å². The summed E-state index contributed by atoms with van der Waals surface area (Å²) in [4.78, 5) is 12.5. The first-order valence-corrected chi connectivity index (χ1v) is 7.08. The van der Waals surface area contributed by atoms with Crippen LogP contribution < -0.4 is 10.1 Å². The van der Waals surface area contributed by atoms with E-state index in [9.17, 15) is 4.79 Å². The Morgan fingerprint density at radius 3 is 2.81 bits per heavy atom. The van der Waals surface area contributed by atoms with Gasteiger partial charge in [0.1, 0.15) is 5.75 Å². The van der Waals surface area contributed by atoms with Crippen molar-refractivity contribution in [2.45, 2.75) is 19.9 Å². The minimum absolute atomic E-state index is 0.0337. The number of ether oxygens (including phenoxy) is 1. The number of hydrogen-bond donors (Lipinski definition) is 1. The summed E-state index contributed by atoms with van der Waals surface area (Å²) in [6.07, 6.45) is 0. The predicted molar refractivity (Wildman–Crippen MR) is 70.8 cm³/mol. The molecule has 0 saturated heterocycles. The molecule has 0 radical (unpaired) electrons. The van der Waals surface area contributed by atoms with Gasteiger partial charge in [-0.3, -0.25) is 4.79 Å². The number of alkyl halides is 1. The fourth-order valence-electron chi connectivity index (χ4n) is 1.10. The van der Waals surface area contributed by atoms with Crippen LogP contribution in [0.25, 0.3) is 0 Å². The molecule has 1 N–H and O–H groups in total. The van der Waals surface area contributed by atoms with Gasteiger partial charge in [-0.2, -0.15) is 0 Å². The van der Waals surface area contributed by atoms with Crippen molar-refractivity contribution in [3.05, 3.63) is 16.3 Å². The minimum atomic E-state index is -0.0337. The van der Waals surface area contributed by atoms with Crippen molar-refractivity contribution in [3.8, 4) is 5.75 Å². The van der Waals surface area contributed by atoms with Crippen molar-refractivity contribution < 1.29 is 9.53 Å². The Bertz CT molecular complexity index is 354. The highest BCUT2D eigenvalue weighted by molar-refractivity contribution is 9.09. The molecule has 16 heavy (non-hydrogen) atoms. The van der Waals surface area contributed by atoms with Gasteiger partial charge in [-0.25, -0.2) is 0 Å². The summed E-state index contributed by atoms with van der Waals surface area (Å²) in [5.74, 6) is 1.11. The quantitative estimate of drug-likeness (QED) is 0.850. The molecule has 0 fully saturated rings. The van der Waals surface area contributed by atoms with Gasteiger partial charge in [0.05, 0.1) is 12.0 Å². The molecule has 0 bridgehead atoms. The monoisotopic (exact) mass is 305 g/mol. The lowest BCUT2D eigenvalue weighted by molar-refractivity contribution is 0.0935. The molecule has 5 heteroatoms. The maximum atomic E-state index is 11.8. The van der Waals surface area contributed by atoms with Crippen molar-refractivity contribution in [3.63, 3.8) is 0 Å². The number of halogens is 1. The van der Waals surface area contributed by atoms with E-state index in [1.807, 2.05) is 12.3 Å². The smallest absolute Gasteiger partial charge is 0.261 e. The van der Waals surface area contributed by atoms with Gasteiger partial charge in [0, 0.05) is 22.8 Å². The van der Waals surface area contributed by atoms with Gasteiger partial charge >= 0.3 is 0 Å². The molecular formula is C11H16BrNO2S. The van der Waals surface area contributed by atoms with E-state index in [2.05, 4.69) is 28.2 Å². The van der Waals surface area contributed by atoms with E-state index in [4.69, 9.17) is 4.74 Å². The Balaban J connectivity index is 2.58. The zero-order valence-electron chi connectivity index (χ0n) is 9.62. The average Bonchev–Trinajstić information content (AvgIpc) is 2.76. The first-order chi connectivity index (χ1) is 7.58. The van der Waals surface area contributed by atoms with Crippen molar-refractivity contribution in [2.24, 2.45) is 5.92 Å². The van der Waals surface area contributed by atoms with Crippen LogP contribution in [0.3, 0.4) is 0 Å². The predicted octanol–water partition coefficient (Wildman–Crippen LogP) is 2.91. The number of methoxy groups -OCH3 is 1. The van der Waals surface area contributed by atoms with Crippen molar-refractivity contribution >= 4 is 33.2 Å². The minimum Gasteiger partial charge on any atom is -0.496 e. The largest absolute Gasteiger partial charge is 0.496 e. The Labute approximate surface area is 108 Å². The lowest BCUT2D eigenvalue weighted by atomic mass is 10.1. The lowest BCUT2D eigenvalue weighted by Gasteiger charge is -2.18. The van der Waals surface area contributed by atoms with E-state index >= 15 is 0 Å². The second-order valence-electron chi connectivity index (χ2n) is 3.74. The topological polar surface area (TPSA) is 38.3 Å². The average molecular weight is 306 g/mol. The third-order valence-electron chi connectivity index (χ3n) is 2.49. The van der Waals surface area contributed by atoms with E-state index in [1.165, 1.54) is 11.3 Å². The molecular weight excluding hydrogens is 290 g/mol. The summed E-state index contributed by atoms with van der Waals surface area (Å²) in [7, 11) is 1.60. The van der Waals surface area contributed by atoms with E-state index in [1.54, 1.807) is 13.2 Å². The fraction of sp³-hybridized carbons (Fsp3) is 0.545. The van der Waals surface area contributed by atoms with Crippen LogP contribution in [-0.4, -0.2) is 24.4 Å². The standard InChI is InChI=1S/C11H16BrNO2S/c1-7(5-12)8(2)13-11(14)10-4-9(15-3)6-16-10/h4,6-8H,5H2,1-3H3,(H,13,14). The van der Waals surface area contributed by atoms with Crippen molar-refractivity contribution in [2.75, 3.05) is 12.4 Å². The first-order valence-electron chi connectivity index (χ1n) is 5.07. The number of rotatable bonds is 5. The van der Waals surface area contributed by atoms with E-state index in [0.717, 1.165) is 11.1 Å². The second-order valence-corrected chi connectivity index (χ2v) is 5.30. The number of nitrogens with one attached hydrogen (secondary N) is 1. The number of carbonyl (C=O) groups excluding carboxylic acids is 1. The molecule has 0 spiro atoms. The maximum absolute atomic E-state index is 11.8. The van der Waals surface area contributed by atoms with Gasteiger partial charge in [-0.05, 0) is 12.8 Å². The van der Waals surface area contributed by atoms with Crippen molar-refractivity contribution in [1.82, 2.24) is 5.32 Å². The highest BCUT2D eigenvalue weighted by atomic mass is 79.9. The second kappa shape index (κ2) is 6.25. The zero-order chi connectivity index (χ0) is 12.1. The maximum Gasteiger partial charge on any atom is 0.261 e. The summed E-state index contributed by atoms with van der Waals surface area (Å²) < 4.78 is 5.04. The van der Waals surface area contributed by atoms with Crippen LogP contribution in [0, 0.1) is 5.92 Å². The number of amides is 1. The third-order valence-corrected chi connectivity index (χ3v) is 4.42. The molecule has 3 nitrogen and oxygen atoms in total. The van der Waals surface area contributed by atoms with Crippen LogP contribution in [0.15, 0.2) is 11.4 Å². The molecule has 0 aliphatic heterocycles. The molecule has 2 atom stereocenters. The summed E-state index contributed by atoms with van der Waals surface area (Å²) in [5.41, 5.74) is 0. The van der Waals surface area contributed by atoms with E-state index in [0.29, 0.717) is 10.8 Å². The first kappa shape index (κ1) is 13.5. The van der Waals surface area contributed by atoms with Crippen LogP contribution in [0.1, 0.15) is 23.5 Å². The molecule has 0 aliphatic rings. The molecule has 90 valence electrons. The molecule has 1 aromatic rings. The van der Waals surface area contributed by atoms with Gasteiger partial charge in [0.25, 0.3) is 5.91 Å². The van der Waals surface area contributed by atoms with E-state index in [-0.39, 0.29) is 11.9 Å². The summed E-state index contributed by atoms with van der Waals surface area (Å²) in [6.45, 7) is 4.10. The zero-order valence-corrected chi connectivity index (χ0v) is 12.0. The molecule has 1 heterocycles. The normalized spacial score (nSPS) is 14.2. The van der Waals surface area contributed by atoms with Crippen molar-refractivity contribution in [1.29, 1.82) is 0 Å². The number of hydrogen-bond acceptors (Lipinski definition) is 3.